The van der Waals surface area contributed by atoms with E-state index in [0.29, 0.717) is 0 Å². The second-order valence-corrected chi connectivity index (χ2v) is 3.67. The van der Waals surface area contributed by atoms with Crippen LogP contribution in [-0.4, -0.2) is 6.10 Å². The topological polar surface area (TPSA) is 35.2 Å². The van der Waals surface area contributed by atoms with Gasteiger partial charge in [0.15, 0.2) is 0 Å². The number of rotatable bonds is 0. The number of benzene rings is 1. The molecule has 0 aromatic heterocycles. The number of fused-ring (bicyclic) bond motifs is 3. The minimum absolute atomic E-state index is 0.136. The van der Waals surface area contributed by atoms with Crippen molar-refractivity contribution in [2.75, 3.05) is 0 Å². The summed E-state index contributed by atoms with van der Waals surface area (Å²) in [6, 6.07) is 8.13. The predicted octanol–water partition coefficient (Wildman–Crippen LogP) is 2.08. The molecule has 1 aliphatic heterocycles. The number of nitrogens with two attached hydrogens (primary N) is 1. The third-order valence-corrected chi connectivity index (χ3v) is 2.71. The SMILES string of the molecule is NC1=CC=C2c3ccccc3OC2C1. The Labute approximate surface area is 82.7 Å². The van der Waals surface area contributed by atoms with Crippen molar-refractivity contribution < 1.29 is 4.74 Å². The van der Waals surface area contributed by atoms with E-state index in [4.69, 9.17) is 10.5 Å². The maximum absolute atomic E-state index is 5.79. The van der Waals surface area contributed by atoms with Crippen LogP contribution in [0.4, 0.5) is 0 Å². The maximum Gasteiger partial charge on any atom is 0.130 e. The Morgan fingerprint density at radius 1 is 1.21 bits per heavy atom. The second-order valence-electron chi connectivity index (χ2n) is 3.67. The van der Waals surface area contributed by atoms with Crippen LogP contribution in [0.2, 0.25) is 0 Å². The van der Waals surface area contributed by atoms with Crippen LogP contribution in [0.3, 0.4) is 0 Å². The number of allylic oxidation sites excluding steroid dienone is 2. The number of hydrogen-bond donors (Lipinski definition) is 1. The van der Waals surface area contributed by atoms with Gasteiger partial charge in [0.1, 0.15) is 11.9 Å². The monoisotopic (exact) mass is 185 g/mol. The van der Waals surface area contributed by atoms with E-state index in [9.17, 15) is 0 Å². The highest BCUT2D eigenvalue weighted by molar-refractivity contribution is 5.79. The summed E-state index contributed by atoms with van der Waals surface area (Å²) in [4.78, 5) is 0. The Kier molecular flexibility index (Phi) is 1.45. The van der Waals surface area contributed by atoms with Crippen LogP contribution in [0, 0.1) is 0 Å². The van der Waals surface area contributed by atoms with Gasteiger partial charge in [0.25, 0.3) is 0 Å². The first-order valence-corrected chi connectivity index (χ1v) is 4.77. The molecule has 3 rings (SSSR count). The van der Waals surface area contributed by atoms with E-state index in [2.05, 4.69) is 12.1 Å². The average molecular weight is 185 g/mol. The summed E-state index contributed by atoms with van der Waals surface area (Å²) in [5, 5.41) is 0. The van der Waals surface area contributed by atoms with E-state index < -0.39 is 0 Å². The highest BCUT2D eigenvalue weighted by Crippen LogP contribution is 2.40. The first-order valence-electron chi connectivity index (χ1n) is 4.77. The van der Waals surface area contributed by atoms with E-state index in [1.807, 2.05) is 24.3 Å². The lowest BCUT2D eigenvalue weighted by Gasteiger charge is -2.15. The molecule has 0 saturated carbocycles. The predicted molar refractivity (Wildman–Crippen MR) is 55.7 cm³/mol. The Morgan fingerprint density at radius 3 is 3.00 bits per heavy atom. The van der Waals surface area contributed by atoms with Crippen LogP contribution in [0.1, 0.15) is 12.0 Å². The largest absolute Gasteiger partial charge is 0.485 e. The molecule has 2 nitrogen and oxygen atoms in total. The molecule has 0 radical (unpaired) electrons. The Morgan fingerprint density at radius 2 is 2.07 bits per heavy atom. The molecule has 0 spiro atoms. The van der Waals surface area contributed by atoms with Crippen molar-refractivity contribution >= 4 is 5.57 Å². The maximum atomic E-state index is 5.79. The summed E-state index contributed by atoms with van der Waals surface area (Å²) < 4.78 is 5.79. The van der Waals surface area contributed by atoms with Gasteiger partial charge in [-0.25, -0.2) is 0 Å². The van der Waals surface area contributed by atoms with Gasteiger partial charge in [0, 0.05) is 23.3 Å². The fourth-order valence-electron chi connectivity index (χ4n) is 2.03. The van der Waals surface area contributed by atoms with Gasteiger partial charge in [-0.3, -0.25) is 0 Å². The van der Waals surface area contributed by atoms with Crippen LogP contribution < -0.4 is 10.5 Å². The average Bonchev–Trinajstić information content (AvgIpc) is 2.54. The zero-order valence-electron chi connectivity index (χ0n) is 7.73. The van der Waals surface area contributed by atoms with Gasteiger partial charge in [-0.1, -0.05) is 24.3 Å². The molecule has 0 fully saturated rings. The van der Waals surface area contributed by atoms with Crippen LogP contribution in [-0.2, 0) is 0 Å². The molecule has 1 aliphatic carbocycles. The quantitative estimate of drug-likeness (QED) is 0.671. The van der Waals surface area contributed by atoms with Gasteiger partial charge < -0.3 is 10.5 Å². The molecule has 1 unspecified atom stereocenters. The van der Waals surface area contributed by atoms with Gasteiger partial charge >= 0.3 is 0 Å². The first-order chi connectivity index (χ1) is 6.84. The molecule has 2 N–H and O–H groups in total. The van der Waals surface area contributed by atoms with Gasteiger partial charge in [-0.05, 0) is 12.1 Å². The molecule has 1 heterocycles. The van der Waals surface area contributed by atoms with E-state index in [0.717, 1.165) is 17.9 Å². The van der Waals surface area contributed by atoms with E-state index in [1.54, 1.807) is 0 Å². The van der Waals surface area contributed by atoms with Crippen molar-refractivity contribution in [1.82, 2.24) is 0 Å². The lowest BCUT2D eigenvalue weighted by atomic mass is 9.95. The fourth-order valence-corrected chi connectivity index (χ4v) is 2.03. The Balaban J connectivity index is 2.13. The lowest BCUT2D eigenvalue weighted by Crippen LogP contribution is -2.18. The Bertz CT molecular complexity index is 445. The first kappa shape index (κ1) is 7.68. The molecule has 0 bridgehead atoms. The van der Waals surface area contributed by atoms with Gasteiger partial charge in [0.2, 0.25) is 0 Å². The summed E-state index contributed by atoms with van der Waals surface area (Å²) in [5.41, 5.74) is 9.13. The molecule has 0 saturated heterocycles. The number of ether oxygens (including phenoxy) is 1. The number of hydrogen-bond acceptors (Lipinski definition) is 2. The third kappa shape index (κ3) is 0.970. The minimum atomic E-state index is 0.136. The van der Waals surface area contributed by atoms with Crippen LogP contribution in [0.5, 0.6) is 5.75 Å². The number of para-hydroxylation sites is 1. The summed E-state index contributed by atoms with van der Waals surface area (Å²) in [7, 11) is 0. The molecule has 2 aliphatic rings. The van der Waals surface area contributed by atoms with E-state index in [-0.39, 0.29) is 6.10 Å². The van der Waals surface area contributed by atoms with Crippen LogP contribution in [0.25, 0.3) is 5.57 Å². The molecule has 14 heavy (non-hydrogen) atoms. The molecule has 70 valence electrons. The van der Waals surface area contributed by atoms with Crippen molar-refractivity contribution in [2.45, 2.75) is 12.5 Å². The van der Waals surface area contributed by atoms with E-state index >= 15 is 0 Å². The minimum Gasteiger partial charge on any atom is -0.485 e. The second kappa shape index (κ2) is 2.64. The molecule has 1 atom stereocenters. The van der Waals surface area contributed by atoms with Crippen LogP contribution in [0.15, 0.2) is 42.1 Å². The van der Waals surface area contributed by atoms with Gasteiger partial charge in [-0.2, -0.15) is 0 Å². The highest BCUT2D eigenvalue weighted by atomic mass is 16.5. The normalized spacial score (nSPS) is 23.0. The molecular weight excluding hydrogens is 174 g/mol. The summed E-state index contributed by atoms with van der Waals surface area (Å²) in [5.74, 6) is 0.979. The third-order valence-electron chi connectivity index (χ3n) is 2.71. The van der Waals surface area contributed by atoms with Crippen molar-refractivity contribution in [3.05, 3.63) is 47.7 Å². The summed E-state index contributed by atoms with van der Waals surface area (Å²) >= 11 is 0. The standard InChI is InChI=1S/C12H11NO/c13-8-5-6-10-9-3-1-2-4-11(9)14-12(10)7-8/h1-6,12H,7,13H2. The van der Waals surface area contributed by atoms with Gasteiger partial charge in [-0.15, -0.1) is 0 Å². The lowest BCUT2D eigenvalue weighted by molar-refractivity contribution is 0.274. The van der Waals surface area contributed by atoms with Crippen molar-refractivity contribution in [1.29, 1.82) is 0 Å². The molecule has 1 aromatic carbocycles. The smallest absolute Gasteiger partial charge is 0.130 e. The molecular formula is C12H11NO. The van der Waals surface area contributed by atoms with E-state index in [1.165, 1.54) is 11.1 Å². The van der Waals surface area contributed by atoms with Crippen molar-refractivity contribution in [3.63, 3.8) is 0 Å². The zero-order valence-corrected chi connectivity index (χ0v) is 7.73. The van der Waals surface area contributed by atoms with Crippen molar-refractivity contribution in [3.8, 4) is 5.75 Å². The Hall–Kier alpha value is -1.70. The molecule has 1 aromatic rings. The molecule has 0 amide bonds. The van der Waals surface area contributed by atoms with Crippen LogP contribution >= 0.6 is 0 Å². The zero-order chi connectivity index (χ0) is 9.54. The molecule has 2 heteroatoms. The van der Waals surface area contributed by atoms with Gasteiger partial charge in [0.05, 0.1) is 0 Å². The summed E-state index contributed by atoms with van der Waals surface area (Å²) in [6.45, 7) is 0. The summed E-state index contributed by atoms with van der Waals surface area (Å²) in [6.07, 6.45) is 4.98. The van der Waals surface area contributed by atoms with Crippen molar-refractivity contribution in [2.24, 2.45) is 5.73 Å². The highest BCUT2D eigenvalue weighted by Gasteiger charge is 2.29. The fraction of sp³-hybridized carbons (Fsp3) is 0.167.